The molecule has 0 saturated heterocycles. The second-order valence-electron chi connectivity index (χ2n) is 6.69. The third-order valence-corrected chi connectivity index (χ3v) is 6.55. The highest BCUT2D eigenvalue weighted by Crippen LogP contribution is 2.24. The van der Waals surface area contributed by atoms with Gasteiger partial charge < -0.3 is 9.30 Å². The smallest absolute Gasteiger partial charge is 0.242 e. The van der Waals surface area contributed by atoms with Gasteiger partial charge in [0.1, 0.15) is 18.8 Å². The molecule has 29 heavy (non-hydrogen) atoms. The standard InChI is InChI=1S/C20H21N5O3S/c1-4-25-18-10-9-14(29(26,27)24(2)3)11-17(18)23-19(25)12-28-20-15-7-5-6-8-16(15)21-13-22-20/h5-11,13H,4,12H2,1-3H3. The Morgan fingerprint density at radius 3 is 2.62 bits per heavy atom. The maximum atomic E-state index is 12.4. The number of fused-ring (bicyclic) bond motifs is 2. The molecule has 8 nitrogen and oxygen atoms in total. The third-order valence-electron chi connectivity index (χ3n) is 4.74. The van der Waals surface area contributed by atoms with Crippen molar-refractivity contribution in [3.63, 3.8) is 0 Å². The van der Waals surface area contributed by atoms with E-state index in [1.165, 1.54) is 24.7 Å². The summed E-state index contributed by atoms with van der Waals surface area (Å²) in [6.07, 6.45) is 1.47. The van der Waals surface area contributed by atoms with E-state index in [4.69, 9.17) is 4.74 Å². The van der Waals surface area contributed by atoms with E-state index >= 15 is 0 Å². The number of aryl methyl sites for hydroxylation is 1. The molecule has 0 aliphatic carbocycles. The van der Waals surface area contributed by atoms with Gasteiger partial charge in [0, 0.05) is 20.6 Å². The van der Waals surface area contributed by atoms with Gasteiger partial charge in [0.05, 0.1) is 26.8 Å². The molecule has 0 aliphatic rings. The van der Waals surface area contributed by atoms with Crippen molar-refractivity contribution < 1.29 is 13.2 Å². The van der Waals surface area contributed by atoms with Crippen LogP contribution in [0.4, 0.5) is 0 Å². The molecule has 0 amide bonds. The highest BCUT2D eigenvalue weighted by molar-refractivity contribution is 7.89. The van der Waals surface area contributed by atoms with Gasteiger partial charge in [-0.25, -0.2) is 27.7 Å². The number of para-hydroxylation sites is 1. The van der Waals surface area contributed by atoms with Crippen LogP contribution in [-0.2, 0) is 23.2 Å². The van der Waals surface area contributed by atoms with Crippen LogP contribution < -0.4 is 4.74 Å². The van der Waals surface area contributed by atoms with Gasteiger partial charge in [-0.05, 0) is 37.3 Å². The number of imidazole rings is 1. The maximum absolute atomic E-state index is 12.4. The van der Waals surface area contributed by atoms with Crippen molar-refractivity contribution in [1.82, 2.24) is 23.8 Å². The summed E-state index contributed by atoms with van der Waals surface area (Å²) in [5.74, 6) is 1.19. The fourth-order valence-corrected chi connectivity index (χ4v) is 4.14. The molecule has 0 radical (unpaired) electrons. The summed E-state index contributed by atoms with van der Waals surface area (Å²) in [4.78, 5) is 13.3. The van der Waals surface area contributed by atoms with E-state index in [1.54, 1.807) is 18.2 Å². The Balaban J connectivity index is 1.70. The van der Waals surface area contributed by atoms with Gasteiger partial charge >= 0.3 is 0 Å². The first-order valence-corrected chi connectivity index (χ1v) is 10.6. The molecule has 150 valence electrons. The largest absolute Gasteiger partial charge is 0.469 e. The van der Waals surface area contributed by atoms with Crippen molar-refractivity contribution in [3.8, 4) is 5.88 Å². The number of aromatic nitrogens is 4. The van der Waals surface area contributed by atoms with Crippen molar-refractivity contribution in [2.45, 2.75) is 25.0 Å². The van der Waals surface area contributed by atoms with E-state index in [9.17, 15) is 8.42 Å². The van der Waals surface area contributed by atoms with Gasteiger partial charge in [-0.3, -0.25) is 0 Å². The summed E-state index contributed by atoms with van der Waals surface area (Å²) in [7, 11) is -0.504. The molecule has 0 atom stereocenters. The zero-order valence-electron chi connectivity index (χ0n) is 16.4. The number of sulfonamides is 1. The highest BCUT2D eigenvalue weighted by Gasteiger charge is 2.19. The van der Waals surface area contributed by atoms with Crippen LogP contribution in [0.15, 0.2) is 53.7 Å². The number of rotatable bonds is 6. The molecule has 2 aromatic carbocycles. The lowest BCUT2D eigenvalue weighted by molar-refractivity contribution is 0.283. The van der Waals surface area contributed by atoms with E-state index in [1.807, 2.05) is 35.8 Å². The van der Waals surface area contributed by atoms with E-state index < -0.39 is 10.0 Å². The summed E-state index contributed by atoms with van der Waals surface area (Å²) >= 11 is 0. The number of hydrogen-bond acceptors (Lipinski definition) is 6. The molecular weight excluding hydrogens is 390 g/mol. The van der Waals surface area contributed by atoms with E-state index in [2.05, 4.69) is 15.0 Å². The van der Waals surface area contributed by atoms with Crippen molar-refractivity contribution in [2.24, 2.45) is 0 Å². The van der Waals surface area contributed by atoms with Crippen LogP contribution in [0.5, 0.6) is 5.88 Å². The average Bonchev–Trinajstić information content (AvgIpc) is 3.08. The lowest BCUT2D eigenvalue weighted by atomic mass is 10.2. The Hall–Kier alpha value is -3.04. The number of hydrogen-bond donors (Lipinski definition) is 0. The highest BCUT2D eigenvalue weighted by atomic mass is 32.2. The van der Waals surface area contributed by atoms with Gasteiger partial charge in [-0.15, -0.1) is 0 Å². The molecular formula is C20H21N5O3S. The summed E-state index contributed by atoms with van der Waals surface area (Å²) < 4.78 is 34.0. The third kappa shape index (κ3) is 3.43. The first-order valence-electron chi connectivity index (χ1n) is 9.16. The molecule has 4 rings (SSSR count). The van der Waals surface area contributed by atoms with E-state index in [0.29, 0.717) is 23.8 Å². The second kappa shape index (κ2) is 7.41. The monoisotopic (exact) mass is 411 g/mol. The number of ether oxygens (including phenoxy) is 1. The molecule has 0 bridgehead atoms. The van der Waals surface area contributed by atoms with Gasteiger partial charge in [0.2, 0.25) is 15.9 Å². The predicted molar refractivity (Wildman–Crippen MR) is 110 cm³/mol. The maximum Gasteiger partial charge on any atom is 0.242 e. The Kier molecular flexibility index (Phi) is 4.93. The van der Waals surface area contributed by atoms with Crippen LogP contribution in [0, 0.1) is 0 Å². The summed E-state index contributed by atoms with van der Waals surface area (Å²) in [5.41, 5.74) is 2.28. The Bertz CT molecular complexity index is 1290. The van der Waals surface area contributed by atoms with Crippen LogP contribution in [0.1, 0.15) is 12.7 Å². The van der Waals surface area contributed by atoms with Crippen molar-refractivity contribution in [1.29, 1.82) is 0 Å². The van der Waals surface area contributed by atoms with E-state index in [-0.39, 0.29) is 11.5 Å². The topological polar surface area (TPSA) is 90.2 Å². The lowest BCUT2D eigenvalue weighted by Crippen LogP contribution is -2.22. The van der Waals surface area contributed by atoms with Crippen molar-refractivity contribution >= 4 is 32.0 Å². The zero-order valence-corrected chi connectivity index (χ0v) is 17.2. The first kappa shape index (κ1) is 19.3. The minimum absolute atomic E-state index is 0.208. The summed E-state index contributed by atoms with van der Waals surface area (Å²) in [5, 5.41) is 0.827. The predicted octanol–water partition coefficient (Wildman–Crippen LogP) is 2.83. The van der Waals surface area contributed by atoms with Gasteiger partial charge in [-0.1, -0.05) is 12.1 Å². The lowest BCUT2D eigenvalue weighted by Gasteiger charge is -2.11. The second-order valence-corrected chi connectivity index (χ2v) is 8.85. The molecule has 4 aromatic rings. The van der Waals surface area contributed by atoms with Crippen LogP contribution in [-0.4, -0.2) is 46.3 Å². The van der Waals surface area contributed by atoms with Gasteiger partial charge in [0.15, 0.2) is 0 Å². The quantitative estimate of drug-likeness (QED) is 0.485. The molecule has 0 spiro atoms. The Labute approximate surface area is 168 Å². The first-order chi connectivity index (χ1) is 13.9. The molecule has 0 unspecified atom stereocenters. The average molecular weight is 411 g/mol. The SMILES string of the molecule is CCn1c(COc2ncnc3ccccc23)nc2cc(S(=O)(=O)N(C)C)ccc21. The fourth-order valence-electron chi connectivity index (χ4n) is 3.22. The minimum atomic E-state index is -3.52. The van der Waals surface area contributed by atoms with E-state index in [0.717, 1.165) is 16.4 Å². The van der Waals surface area contributed by atoms with Crippen molar-refractivity contribution in [2.75, 3.05) is 14.1 Å². The molecule has 0 aliphatic heterocycles. The van der Waals surface area contributed by atoms with Crippen LogP contribution >= 0.6 is 0 Å². The zero-order chi connectivity index (χ0) is 20.6. The molecule has 2 aromatic heterocycles. The van der Waals surface area contributed by atoms with Gasteiger partial charge in [-0.2, -0.15) is 0 Å². The Morgan fingerprint density at radius 1 is 1.07 bits per heavy atom. The van der Waals surface area contributed by atoms with Crippen LogP contribution in [0.3, 0.4) is 0 Å². The molecule has 0 N–H and O–H groups in total. The summed E-state index contributed by atoms with van der Waals surface area (Å²) in [6.45, 7) is 2.90. The normalized spacial score (nSPS) is 12.1. The number of nitrogens with zero attached hydrogens (tertiary/aromatic N) is 5. The molecule has 2 heterocycles. The van der Waals surface area contributed by atoms with Gasteiger partial charge in [0.25, 0.3) is 0 Å². The minimum Gasteiger partial charge on any atom is -0.469 e. The fraction of sp³-hybridized carbons (Fsp3) is 0.250. The van der Waals surface area contributed by atoms with Crippen LogP contribution in [0.25, 0.3) is 21.9 Å². The molecule has 9 heteroatoms. The van der Waals surface area contributed by atoms with Crippen LogP contribution in [0.2, 0.25) is 0 Å². The summed E-state index contributed by atoms with van der Waals surface area (Å²) in [6, 6.07) is 12.6. The van der Waals surface area contributed by atoms with Crippen molar-refractivity contribution in [3.05, 3.63) is 54.6 Å². The number of benzene rings is 2. The Morgan fingerprint density at radius 2 is 1.86 bits per heavy atom. The molecule has 0 saturated carbocycles. The molecule has 0 fully saturated rings.